The summed E-state index contributed by atoms with van der Waals surface area (Å²) >= 11 is 2.79. The third kappa shape index (κ3) is 3.10. The Morgan fingerprint density at radius 1 is 1.38 bits per heavy atom. The van der Waals surface area contributed by atoms with Gasteiger partial charge in [-0.3, -0.25) is 0 Å². The number of nitrogens with zero attached hydrogens (tertiary/aromatic N) is 1. The summed E-state index contributed by atoms with van der Waals surface area (Å²) in [5, 5.41) is 10.5. The first-order valence-corrected chi connectivity index (χ1v) is 4.83. The van der Waals surface area contributed by atoms with Crippen LogP contribution in [-0.2, 0) is 0 Å². The molecule has 0 amide bonds. The zero-order chi connectivity index (χ0) is 12.3. The van der Waals surface area contributed by atoms with Gasteiger partial charge in [-0.05, 0) is 28.1 Å². The van der Waals surface area contributed by atoms with Crippen LogP contribution < -0.4 is 5.32 Å². The second kappa shape index (κ2) is 4.70. The summed E-state index contributed by atoms with van der Waals surface area (Å²) in [5.41, 5.74) is -0.279. The number of nitrogens with one attached hydrogen (secondary N) is 1. The Morgan fingerprint density at radius 3 is 2.50 bits per heavy atom. The fourth-order valence-electron chi connectivity index (χ4n) is 0.968. The van der Waals surface area contributed by atoms with Gasteiger partial charge in [0.25, 0.3) is 0 Å². The second-order valence-corrected chi connectivity index (χ2v) is 3.66. The molecular formula is C9H5BrF4N2. The summed E-state index contributed by atoms with van der Waals surface area (Å²) in [4.78, 5) is 0. The Hall–Kier alpha value is -1.29. The van der Waals surface area contributed by atoms with E-state index in [-0.39, 0.29) is 15.7 Å². The molecule has 0 saturated carbocycles. The lowest BCUT2D eigenvalue weighted by Crippen LogP contribution is -2.21. The van der Waals surface area contributed by atoms with E-state index in [0.717, 1.165) is 6.07 Å². The number of rotatable bonds is 2. The Bertz CT molecular complexity index is 436. The van der Waals surface area contributed by atoms with E-state index in [1.54, 1.807) is 6.07 Å². The van der Waals surface area contributed by atoms with E-state index in [4.69, 9.17) is 5.26 Å². The Labute approximate surface area is 97.0 Å². The monoisotopic (exact) mass is 296 g/mol. The van der Waals surface area contributed by atoms with E-state index < -0.39 is 18.5 Å². The largest absolute Gasteiger partial charge is 0.405 e. The van der Waals surface area contributed by atoms with E-state index >= 15 is 0 Å². The molecule has 0 aliphatic heterocycles. The first kappa shape index (κ1) is 12.8. The lowest BCUT2D eigenvalue weighted by atomic mass is 10.2. The predicted molar refractivity (Wildman–Crippen MR) is 53.4 cm³/mol. The summed E-state index contributed by atoms with van der Waals surface area (Å²) in [6.45, 7) is -1.33. The van der Waals surface area contributed by atoms with Crippen LogP contribution in [0.1, 0.15) is 5.56 Å². The van der Waals surface area contributed by atoms with E-state index in [2.05, 4.69) is 15.9 Å². The molecule has 0 radical (unpaired) electrons. The molecule has 0 bridgehead atoms. The molecule has 0 spiro atoms. The summed E-state index contributed by atoms with van der Waals surface area (Å²) < 4.78 is 48.9. The second-order valence-electron chi connectivity index (χ2n) is 2.87. The van der Waals surface area contributed by atoms with E-state index in [1.807, 2.05) is 5.32 Å². The Balaban J connectivity index is 2.92. The minimum atomic E-state index is -4.42. The van der Waals surface area contributed by atoms with Crippen molar-refractivity contribution in [2.24, 2.45) is 0 Å². The molecule has 86 valence electrons. The molecule has 1 rings (SSSR count). The highest BCUT2D eigenvalue weighted by molar-refractivity contribution is 9.10. The quantitative estimate of drug-likeness (QED) is 0.849. The summed E-state index contributed by atoms with van der Waals surface area (Å²) in [6.07, 6.45) is -4.42. The first-order valence-electron chi connectivity index (χ1n) is 4.04. The maximum Gasteiger partial charge on any atom is 0.405 e. The molecule has 7 heteroatoms. The predicted octanol–water partition coefficient (Wildman–Crippen LogP) is 3.43. The van der Waals surface area contributed by atoms with Crippen LogP contribution in [0.15, 0.2) is 16.6 Å². The van der Waals surface area contributed by atoms with Crippen molar-refractivity contribution in [1.82, 2.24) is 0 Å². The van der Waals surface area contributed by atoms with Gasteiger partial charge in [0, 0.05) is 0 Å². The van der Waals surface area contributed by atoms with Crippen molar-refractivity contribution < 1.29 is 17.6 Å². The average Bonchev–Trinajstić information content (AvgIpc) is 2.19. The van der Waals surface area contributed by atoms with E-state index in [0.29, 0.717) is 0 Å². The zero-order valence-electron chi connectivity index (χ0n) is 7.70. The van der Waals surface area contributed by atoms with E-state index in [1.165, 1.54) is 6.07 Å². The fourth-order valence-corrected chi connectivity index (χ4v) is 1.40. The molecule has 0 fully saturated rings. The SMILES string of the molecule is N#Cc1ccc(NCC(F)(F)F)c(F)c1Br. The van der Waals surface area contributed by atoms with Crippen molar-refractivity contribution in [1.29, 1.82) is 5.26 Å². The number of benzene rings is 1. The molecule has 0 aromatic heterocycles. The van der Waals surface area contributed by atoms with Crippen molar-refractivity contribution in [3.05, 3.63) is 28.0 Å². The minimum absolute atomic E-state index is 0.0232. The zero-order valence-corrected chi connectivity index (χ0v) is 9.28. The minimum Gasteiger partial charge on any atom is -0.374 e. The number of hydrogen-bond donors (Lipinski definition) is 1. The topological polar surface area (TPSA) is 35.8 Å². The Morgan fingerprint density at radius 2 is 2.00 bits per heavy atom. The van der Waals surface area contributed by atoms with Gasteiger partial charge in [-0.15, -0.1) is 0 Å². The van der Waals surface area contributed by atoms with Crippen LogP contribution >= 0.6 is 15.9 Å². The van der Waals surface area contributed by atoms with Crippen molar-refractivity contribution in [2.75, 3.05) is 11.9 Å². The van der Waals surface area contributed by atoms with Gasteiger partial charge in [-0.25, -0.2) is 4.39 Å². The van der Waals surface area contributed by atoms with Crippen LogP contribution in [0.25, 0.3) is 0 Å². The van der Waals surface area contributed by atoms with Gasteiger partial charge in [0.05, 0.1) is 15.7 Å². The number of hydrogen-bond acceptors (Lipinski definition) is 2. The molecule has 0 saturated heterocycles. The normalized spacial score (nSPS) is 11.0. The van der Waals surface area contributed by atoms with Crippen molar-refractivity contribution in [2.45, 2.75) is 6.18 Å². The number of nitriles is 1. The lowest BCUT2D eigenvalue weighted by molar-refractivity contribution is -0.115. The number of anilines is 1. The molecule has 0 unspecified atom stereocenters. The molecule has 0 heterocycles. The standard InChI is InChI=1S/C9H5BrF4N2/c10-7-5(3-15)1-2-6(8(7)11)16-4-9(12,13)14/h1-2,16H,4H2. The van der Waals surface area contributed by atoms with Gasteiger partial charge < -0.3 is 5.32 Å². The van der Waals surface area contributed by atoms with Gasteiger partial charge in [-0.2, -0.15) is 18.4 Å². The summed E-state index contributed by atoms with van der Waals surface area (Å²) in [6, 6.07) is 4.01. The molecule has 0 aliphatic rings. The smallest absolute Gasteiger partial charge is 0.374 e. The first-order chi connectivity index (χ1) is 7.35. The van der Waals surface area contributed by atoms with Gasteiger partial charge in [0.1, 0.15) is 12.6 Å². The van der Waals surface area contributed by atoms with Crippen LogP contribution in [0.5, 0.6) is 0 Å². The average molecular weight is 297 g/mol. The van der Waals surface area contributed by atoms with Crippen molar-refractivity contribution in [3.63, 3.8) is 0 Å². The summed E-state index contributed by atoms with van der Waals surface area (Å²) in [7, 11) is 0. The van der Waals surface area contributed by atoms with Gasteiger partial charge in [-0.1, -0.05) is 0 Å². The fraction of sp³-hybridized carbons (Fsp3) is 0.222. The van der Waals surface area contributed by atoms with Crippen LogP contribution in [0, 0.1) is 17.1 Å². The third-order valence-electron chi connectivity index (χ3n) is 1.68. The lowest BCUT2D eigenvalue weighted by Gasteiger charge is -2.11. The van der Waals surface area contributed by atoms with Crippen molar-refractivity contribution in [3.8, 4) is 6.07 Å². The van der Waals surface area contributed by atoms with Gasteiger partial charge in [0.15, 0.2) is 5.82 Å². The maximum absolute atomic E-state index is 13.4. The molecule has 1 aromatic carbocycles. The molecule has 16 heavy (non-hydrogen) atoms. The Kier molecular flexibility index (Phi) is 3.75. The summed E-state index contributed by atoms with van der Waals surface area (Å²) in [5.74, 6) is -0.914. The van der Waals surface area contributed by atoms with Crippen LogP contribution in [0.2, 0.25) is 0 Å². The third-order valence-corrected chi connectivity index (χ3v) is 2.46. The molecule has 2 nitrogen and oxygen atoms in total. The van der Waals surface area contributed by atoms with Crippen molar-refractivity contribution >= 4 is 21.6 Å². The molecule has 0 atom stereocenters. The van der Waals surface area contributed by atoms with Gasteiger partial charge in [0.2, 0.25) is 0 Å². The molecule has 0 aliphatic carbocycles. The molecular weight excluding hydrogens is 292 g/mol. The van der Waals surface area contributed by atoms with Crippen LogP contribution in [-0.4, -0.2) is 12.7 Å². The molecule has 1 aromatic rings. The van der Waals surface area contributed by atoms with E-state index in [9.17, 15) is 17.6 Å². The highest BCUT2D eigenvalue weighted by atomic mass is 79.9. The van der Waals surface area contributed by atoms with Crippen LogP contribution in [0.3, 0.4) is 0 Å². The highest BCUT2D eigenvalue weighted by Gasteiger charge is 2.27. The van der Waals surface area contributed by atoms with Crippen LogP contribution in [0.4, 0.5) is 23.2 Å². The number of alkyl halides is 3. The number of halogens is 5. The van der Waals surface area contributed by atoms with Gasteiger partial charge >= 0.3 is 6.18 Å². The molecule has 1 N–H and O–H groups in total. The highest BCUT2D eigenvalue weighted by Crippen LogP contribution is 2.27. The maximum atomic E-state index is 13.4.